The van der Waals surface area contributed by atoms with Crippen molar-refractivity contribution in [2.75, 3.05) is 0 Å². The van der Waals surface area contributed by atoms with E-state index < -0.39 is 12.2 Å². The zero-order valence-corrected chi connectivity index (χ0v) is 8.87. The molecule has 1 N–H and O–H groups in total. The van der Waals surface area contributed by atoms with Gasteiger partial charge in [0.05, 0.1) is 6.10 Å². The van der Waals surface area contributed by atoms with Crippen LogP contribution in [0.15, 0.2) is 42.5 Å². The van der Waals surface area contributed by atoms with Crippen LogP contribution in [0.4, 0.5) is 0 Å². The van der Waals surface area contributed by atoms with Gasteiger partial charge in [0, 0.05) is 6.08 Å². The molecule has 0 amide bonds. The SMILES string of the molecule is O=C1C=CC(C(O)CCc2ccccc2)O1. The van der Waals surface area contributed by atoms with E-state index in [9.17, 15) is 9.90 Å². The van der Waals surface area contributed by atoms with Crippen molar-refractivity contribution in [3.8, 4) is 0 Å². The summed E-state index contributed by atoms with van der Waals surface area (Å²) < 4.78 is 4.91. The van der Waals surface area contributed by atoms with Crippen LogP contribution in [-0.4, -0.2) is 23.3 Å². The van der Waals surface area contributed by atoms with E-state index in [4.69, 9.17) is 4.74 Å². The highest BCUT2D eigenvalue weighted by Crippen LogP contribution is 2.14. The van der Waals surface area contributed by atoms with Gasteiger partial charge in [-0.2, -0.15) is 0 Å². The second-order valence-electron chi connectivity index (χ2n) is 3.85. The van der Waals surface area contributed by atoms with Crippen molar-refractivity contribution in [3.63, 3.8) is 0 Å². The molecule has 0 spiro atoms. The molecule has 2 rings (SSSR count). The van der Waals surface area contributed by atoms with E-state index in [2.05, 4.69) is 0 Å². The van der Waals surface area contributed by atoms with Gasteiger partial charge in [-0.1, -0.05) is 30.3 Å². The fourth-order valence-corrected chi connectivity index (χ4v) is 1.72. The largest absolute Gasteiger partial charge is 0.452 e. The van der Waals surface area contributed by atoms with Gasteiger partial charge in [0.25, 0.3) is 0 Å². The standard InChI is InChI=1S/C13H14O3/c14-11(12-8-9-13(15)16-12)7-6-10-4-2-1-3-5-10/h1-5,8-9,11-12,14H,6-7H2. The van der Waals surface area contributed by atoms with Gasteiger partial charge in [0.15, 0.2) is 0 Å². The zero-order valence-electron chi connectivity index (χ0n) is 8.87. The quantitative estimate of drug-likeness (QED) is 0.778. The van der Waals surface area contributed by atoms with Crippen molar-refractivity contribution in [1.29, 1.82) is 0 Å². The Bertz CT molecular complexity index is 383. The molecule has 16 heavy (non-hydrogen) atoms. The van der Waals surface area contributed by atoms with Crippen molar-refractivity contribution in [2.24, 2.45) is 0 Å². The molecule has 3 nitrogen and oxygen atoms in total. The summed E-state index contributed by atoms with van der Waals surface area (Å²) in [7, 11) is 0. The number of esters is 1. The molecular weight excluding hydrogens is 204 g/mol. The smallest absolute Gasteiger partial charge is 0.331 e. The summed E-state index contributed by atoms with van der Waals surface area (Å²) in [4.78, 5) is 10.8. The molecule has 0 fully saturated rings. The van der Waals surface area contributed by atoms with Gasteiger partial charge >= 0.3 is 5.97 Å². The second kappa shape index (κ2) is 4.94. The average molecular weight is 218 g/mol. The average Bonchev–Trinajstić information content (AvgIpc) is 2.74. The molecule has 0 saturated carbocycles. The third kappa shape index (κ3) is 2.70. The number of cyclic esters (lactones) is 1. The van der Waals surface area contributed by atoms with Crippen LogP contribution in [0.5, 0.6) is 0 Å². The van der Waals surface area contributed by atoms with Gasteiger partial charge in [-0.25, -0.2) is 4.79 Å². The summed E-state index contributed by atoms with van der Waals surface area (Å²) in [5.41, 5.74) is 1.18. The molecule has 2 unspecified atom stereocenters. The summed E-state index contributed by atoms with van der Waals surface area (Å²) in [6.07, 6.45) is 3.24. The molecule has 84 valence electrons. The number of aliphatic hydroxyl groups excluding tert-OH is 1. The monoisotopic (exact) mass is 218 g/mol. The van der Waals surface area contributed by atoms with Crippen LogP contribution in [0.3, 0.4) is 0 Å². The van der Waals surface area contributed by atoms with Crippen LogP contribution >= 0.6 is 0 Å². The minimum Gasteiger partial charge on any atom is -0.452 e. The lowest BCUT2D eigenvalue weighted by Crippen LogP contribution is -2.26. The zero-order chi connectivity index (χ0) is 11.4. The number of carbonyl (C=O) groups is 1. The number of hydrogen-bond acceptors (Lipinski definition) is 3. The van der Waals surface area contributed by atoms with Crippen LogP contribution in [0.1, 0.15) is 12.0 Å². The number of hydrogen-bond donors (Lipinski definition) is 1. The highest BCUT2D eigenvalue weighted by atomic mass is 16.6. The van der Waals surface area contributed by atoms with E-state index in [1.54, 1.807) is 6.08 Å². The van der Waals surface area contributed by atoms with Crippen molar-refractivity contribution in [1.82, 2.24) is 0 Å². The molecule has 0 saturated heterocycles. The van der Waals surface area contributed by atoms with E-state index in [0.717, 1.165) is 6.42 Å². The van der Waals surface area contributed by atoms with Gasteiger partial charge < -0.3 is 9.84 Å². The minimum atomic E-state index is -0.622. The van der Waals surface area contributed by atoms with Gasteiger partial charge in [-0.3, -0.25) is 0 Å². The van der Waals surface area contributed by atoms with Crippen molar-refractivity contribution >= 4 is 5.97 Å². The Kier molecular flexibility index (Phi) is 3.37. The number of carbonyl (C=O) groups excluding carboxylic acids is 1. The maximum atomic E-state index is 10.8. The fraction of sp³-hybridized carbons (Fsp3) is 0.308. The van der Waals surface area contributed by atoms with Gasteiger partial charge in [0.2, 0.25) is 0 Å². The highest BCUT2D eigenvalue weighted by molar-refractivity contribution is 5.84. The predicted molar refractivity (Wildman–Crippen MR) is 59.8 cm³/mol. The lowest BCUT2D eigenvalue weighted by atomic mass is 10.0. The molecule has 1 aromatic rings. The van der Waals surface area contributed by atoms with Gasteiger partial charge in [0.1, 0.15) is 6.10 Å². The van der Waals surface area contributed by atoms with Crippen molar-refractivity contribution < 1.29 is 14.6 Å². The van der Waals surface area contributed by atoms with Crippen LogP contribution in [0.2, 0.25) is 0 Å². The number of ether oxygens (including phenoxy) is 1. The topological polar surface area (TPSA) is 46.5 Å². The molecule has 1 aliphatic rings. The first-order chi connectivity index (χ1) is 7.75. The molecular formula is C13H14O3. The molecule has 1 heterocycles. The first-order valence-corrected chi connectivity index (χ1v) is 5.36. The van der Waals surface area contributed by atoms with Gasteiger partial charge in [-0.15, -0.1) is 0 Å². The number of rotatable bonds is 4. The van der Waals surface area contributed by atoms with Crippen LogP contribution in [0.25, 0.3) is 0 Å². The molecule has 2 atom stereocenters. The van der Waals surface area contributed by atoms with Crippen LogP contribution < -0.4 is 0 Å². The number of aryl methyl sites for hydroxylation is 1. The fourth-order valence-electron chi connectivity index (χ4n) is 1.72. The highest BCUT2D eigenvalue weighted by Gasteiger charge is 2.24. The van der Waals surface area contributed by atoms with E-state index in [0.29, 0.717) is 6.42 Å². The van der Waals surface area contributed by atoms with Crippen molar-refractivity contribution in [2.45, 2.75) is 25.0 Å². The second-order valence-corrected chi connectivity index (χ2v) is 3.85. The number of aliphatic hydroxyl groups is 1. The number of benzene rings is 1. The Labute approximate surface area is 94.4 Å². The van der Waals surface area contributed by atoms with Gasteiger partial charge in [-0.05, 0) is 24.5 Å². The Hall–Kier alpha value is -1.61. The van der Waals surface area contributed by atoms with Crippen LogP contribution in [0, 0.1) is 0 Å². The first-order valence-electron chi connectivity index (χ1n) is 5.36. The molecule has 0 aliphatic carbocycles. The normalized spacial score (nSPS) is 20.8. The summed E-state index contributed by atoms with van der Waals surface area (Å²) in [5.74, 6) is -0.372. The Morgan fingerprint density at radius 2 is 2.06 bits per heavy atom. The lowest BCUT2D eigenvalue weighted by molar-refractivity contribution is -0.142. The maximum absolute atomic E-state index is 10.8. The molecule has 3 heteroatoms. The Balaban J connectivity index is 1.82. The van der Waals surface area contributed by atoms with E-state index in [-0.39, 0.29) is 5.97 Å². The minimum absolute atomic E-state index is 0.372. The predicted octanol–water partition coefficient (Wildman–Crippen LogP) is 1.46. The maximum Gasteiger partial charge on any atom is 0.331 e. The summed E-state index contributed by atoms with van der Waals surface area (Å²) in [6, 6.07) is 9.93. The summed E-state index contributed by atoms with van der Waals surface area (Å²) >= 11 is 0. The van der Waals surface area contributed by atoms with E-state index in [1.165, 1.54) is 11.6 Å². The first kappa shape index (κ1) is 10.9. The van der Waals surface area contributed by atoms with Crippen LogP contribution in [-0.2, 0) is 16.0 Å². The van der Waals surface area contributed by atoms with E-state index in [1.807, 2.05) is 30.3 Å². The third-order valence-corrected chi connectivity index (χ3v) is 2.63. The Morgan fingerprint density at radius 1 is 1.31 bits per heavy atom. The molecule has 0 bridgehead atoms. The third-order valence-electron chi connectivity index (χ3n) is 2.63. The van der Waals surface area contributed by atoms with Crippen molar-refractivity contribution in [3.05, 3.63) is 48.0 Å². The molecule has 1 aromatic carbocycles. The Morgan fingerprint density at radius 3 is 2.69 bits per heavy atom. The molecule has 1 aliphatic heterocycles. The summed E-state index contributed by atoms with van der Waals surface area (Å²) in [6.45, 7) is 0. The lowest BCUT2D eigenvalue weighted by Gasteiger charge is -2.15. The molecule has 0 aromatic heterocycles. The van der Waals surface area contributed by atoms with E-state index >= 15 is 0 Å². The molecule has 0 radical (unpaired) electrons. The summed E-state index contributed by atoms with van der Waals surface area (Å²) in [5, 5.41) is 9.80.